The monoisotopic (exact) mass is 433 g/mol. The lowest BCUT2D eigenvalue weighted by Crippen LogP contribution is -2.63. The molecule has 2 aromatic carbocycles. The van der Waals surface area contributed by atoms with Crippen LogP contribution in [0.2, 0.25) is 0 Å². The Morgan fingerprint density at radius 3 is 2.56 bits per heavy atom. The zero-order valence-corrected chi connectivity index (χ0v) is 18.4. The van der Waals surface area contributed by atoms with E-state index in [9.17, 15) is 4.79 Å². The predicted molar refractivity (Wildman–Crippen MR) is 127 cm³/mol. The predicted octanol–water partition coefficient (Wildman–Crippen LogP) is 2.82. The SMILES string of the molecule is O=C(CN1CCOCC1)N1CCC[C@]2(C1)Nc1ccccc1NC2=NCc1ccccc1. The zero-order valence-electron chi connectivity index (χ0n) is 18.4. The van der Waals surface area contributed by atoms with Crippen molar-refractivity contribution in [1.29, 1.82) is 0 Å². The molecule has 0 bridgehead atoms. The van der Waals surface area contributed by atoms with Gasteiger partial charge in [-0.1, -0.05) is 42.5 Å². The quantitative estimate of drug-likeness (QED) is 0.776. The van der Waals surface area contributed by atoms with Crippen molar-refractivity contribution in [2.45, 2.75) is 24.9 Å². The smallest absolute Gasteiger partial charge is 0.236 e. The number of para-hydroxylation sites is 2. The molecule has 0 aliphatic carbocycles. The van der Waals surface area contributed by atoms with Crippen LogP contribution in [-0.2, 0) is 16.1 Å². The molecule has 7 nitrogen and oxygen atoms in total. The van der Waals surface area contributed by atoms with Crippen molar-refractivity contribution >= 4 is 23.1 Å². The molecule has 2 N–H and O–H groups in total. The number of aliphatic imine (C=N–C) groups is 1. The van der Waals surface area contributed by atoms with E-state index < -0.39 is 5.54 Å². The van der Waals surface area contributed by atoms with Crippen molar-refractivity contribution in [1.82, 2.24) is 9.80 Å². The number of amidine groups is 1. The normalized spacial score (nSPS) is 24.6. The van der Waals surface area contributed by atoms with E-state index in [0.717, 1.165) is 49.7 Å². The van der Waals surface area contributed by atoms with Gasteiger partial charge in [0.1, 0.15) is 11.4 Å². The summed E-state index contributed by atoms with van der Waals surface area (Å²) in [5.41, 5.74) is 2.87. The van der Waals surface area contributed by atoms with Crippen LogP contribution < -0.4 is 10.6 Å². The van der Waals surface area contributed by atoms with Gasteiger partial charge in [-0.2, -0.15) is 0 Å². The number of nitrogens with one attached hydrogen (secondary N) is 2. The number of fused-ring (bicyclic) bond motifs is 1. The van der Waals surface area contributed by atoms with Crippen LogP contribution in [0.15, 0.2) is 59.6 Å². The van der Waals surface area contributed by atoms with Crippen molar-refractivity contribution in [2.24, 2.45) is 4.99 Å². The Labute approximate surface area is 189 Å². The summed E-state index contributed by atoms with van der Waals surface area (Å²) in [7, 11) is 0. The highest BCUT2D eigenvalue weighted by Crippen LogP contribution is 2.36. The van der Waals surface area contributed by atoms with E-state index in [1.807, 2.05) is 35.2 Å². The highest BCUT2D eigenvalue weighted by molar-refractivity contribution is 6.10. The molecule has 5 rings (SSSR count). The van der Waals surface area contributed by atoms with E-state index in [1.165, 1.54) is 5.56 Å². The van der Waals surface area contributed by atoms with Crippen LogP contribution >= 0.6 is 0 Å². The Bertz CT molecular complexity index is 973. The molecule has 1 spiro atoms. The minimum absolute atomic E-state index is 0.189. The van der Waals surface area contributed by atoms with E-state index in [4.69, 9.17) is 9.73 Å². The number of anilines is 2. The maximum atomic E-state index is 13.2. The number of likely N-dealkylation sites (tertiary alicyclic amines) is 1. The van der Waals surface area contributed by atoms with Crippen molar-refractivity contribution in [3.63, 3.8) is 0 Å². The molecule has 1 atom stereocenters. The summed E-state index contributed by atoms with van der Waals surface area (Å²) in [4.78, 5) is 22.4. The van der Waals surface area contributed by atoms with Crippen LogP contribution in [0.4, 0.5) is 11.4 Å². The molecule has 168 valence electrons. The number of ether oxygens (including phenoxy) is 1. The van der Waals surface area contributed by atoms with Crippen molar-refractivity contribution < 1.29 is 9.53 Å². The summed E-state index contributed by atoms with van der Waals surface area (Å²) in [6.45, 7) is 5.52. The summed E-state index contributed by atoms with van der Waals surface area (Å²) in [5.74, 6) is 1.11. The van der Waals surface area contributed by atoms with E-state index in [0.29, 0.717) is 32.8 Å². The third-order valence-corrected chi connectivity index (χ3v) is 6.58. The number of morpholine rings is 1. The van der Waals surface area contributed by atoms with Crippen LogP contribution in [0.3, 0.4) is 0 Å². The second-order valence-electron chi connectivity index (χ2n) is 8.84. The van der Waals surface area contributed by atoms with Gasteiger partial charge >= 0.3 is 0 Å². The molecule has 0 radical (unpaired) electrons. The largest absolute Gasteiger partial charge is 0.379 e. The Morgan fingerprint density at radius 1 is 1.00 bits per heavy atom. The maximum absolute atomic E-state index is 13.2. The van der Waals surface area contributed by atoms with Gasteiger partial charge in [0.2, 0.25) is 5.91 Å². The van der Waals surface area contributed by atoms with E-state index in [2.05, 4.69) is 39.8 Å². The molecule has 3 heterocycles. The average Bonchev–Trinajstić information content (AvgIpc) is 2.84. The minimum Gasteiger partial charge on any atom is -0.379 e. The van der Waals surface area contributed by atoms with Crippen molar-refractivity contribution in [2.75, 3.05) is 56.6 Å². The maximum Gasteiger partial charge on any atom is 0.236 e. The Balaban J connectivity index is 1.38. The fourth-order valence-electron chi connectivity index (χ4n) is 4.82. The summed E-state index contributed by atoms with van der Waals surface area (Å²) in [5, 5.41) is 7.36. The number of piperidine rings is 1. The van der Waals surface area contributed by atoms with E-state index in [-0.39, 0.29) is 5.91 Å². The number of hydrogen-bond acceptors (Lipinski definition) is 5. The van der Waals surface area contributed by atoms with Gasteiger partial charge in [0.15, 0.2) is 0 Å². The number of nitrogens with zero attached hydrogens (tertiary/aromatic N) is 3. The Kier molecular flexibility index (Phi) is 6.10. The second-order valence-corrected chi connectivity index (χ2v) is 8.84. The summed E-state index contributed by atoms with van der Waals surface area (Å²) in [6.07, 6.45) is 1.87. The minimum atomic E-state index is -0.401. The molecule has 1 amide bonds. The molecule has 2 fully saturated rings. The summed E-state index contributed by atoms with van der Waals surface area (Å²) < 4.78 is 5.43. The number of amides is 1. The zero-order chi connectivity index (χ0) is 21.8. The Morgan fingerprint density at radius 2 is 1.75 bits per heavy atom. The van der Waals surface area contributed by atoms with Crippen LogP contribution in [0.5, 0.6) is 0 Å². The molecular formula is C25H31N5O2. The summed E-state index contributed by atoms with van der Waals surface area (Å²) in [6, 6.07) is 18.5. The van der Waals surface area contributed by atoms with Gasteiger partial charge in [-0.25, -0.2) is 0 Å². The molecule has 3 aliphatic heterocycles. The average molecular weight is 434 g/mol. The lowest BCUT2D eigenvalue weighted by atomic mass is 9.85. The first-order valence-electron chi connectivity index (χ1n) is 11.5. The third kappa shape index (κ3) is 4.49. The molecule has 0 unspecified atom stereocenters. The molecular weight excluding hydrogens is 402 g/mol. The number of benzene rings is 2. The van der Waals surface area contributed by atoms with Gasteiger partial charge in [-0.3, -0.25) is 14.7 Å². The van der Waals surface area contributed by atoms with Gasteiger partial charge in [0.05, 0.1) is 44.2 Å². The van der Waals surface area contributed by atoms with Gasteiger partial charge in [-0.15, -0.1) is 0 Å². The fourth-order valence-corrected chi connectivity index (χ4v) is 4.82. The topological polar surface area (TPSA) is 69.2 Å². The molecule has 32 heavy (non-hydrogen) atoms. The van der Waals surface area contributed by atoms with Crippen LogP contribution in [0, 0.1) is 0 Å². The van der Waals surface area contributed by atoms with Gasteiger partial charge in [-0.05, 0) is 30.5 Å². The number of hydrogen-bond donors (Lipinski definition) is 2. The molecule has 0 aromatic heterocycles. The van der Waals surface area contributed by atoms with E-state index in [1.54, 1.807) is 0 Å². The lowest BCUT2D eigenvalue weighted by Gasteiger charge is -2.47. The van der Waals surface area contributed by atoms with Crippen LogP contribution in [0.25, 0.3) is 0 Å². The Hall–Kier alpha value is -2.90. The van der Waals surface area contributed by atoms with Crippen LogP contribution in [-0.4, -0.2) is 73.0 Å². The summed E-state index contributed by atoms with van der Waals surface area (Å²) >= 11 is 0. The van der Waals surface area contributed by atoms with Crippen molar-refractivity contribution in [3.05, 3.63) is 60.2 Å². The van der Waals surface area contributed by atoms with Crippen molar-refractivity contribution in [3.8, 4) is 0 Å². The molecule has 7 heteroatoms. The van der Waals surface area contributed by atoms with E-state index >= 15 is 0 Å². The number of carbonyl (C=O) groups is 1. The number of carbonyl (C=O) groups excluding carboxylic acids is 1. The lowest BCUT2D eigenvalue weighted by molar-refractivity contribution is -0.134. The van der Waals surface area contributed by atoms with Gasteiger partial charge in [0, 0.05) is 19.6 Å². The fraction of sp³-hybridized carbons (Fsp3) is 0.440. The highest BCUT2D eigenvalue weighted by Gasteiger charge is 2.44. The third-order valence-electron chi connectivity index (χ3n) is 6.58. The van der Waals surface area contributed by atoms with Gasteiger partial charge in [0.25, 0.3) is 0 Å². The second kappa shape index (κ2) is 9.30. The standard InChI is InChI=1S/C25H31N5O2/c31-23(18-29-13-15-32-16-14-29)30-12-6-11-25(19-30)24(26-17-20-7-2-1-3-8-20)27-21-9-4-5-10-22(21)28-25/h1-5,7-10,28H,6,11-19H2,(H,26,27)/t25-/m1/s1. The van der Waals surface area contributed by atoms with Gasteiger partial charge < -0.3 is 20.3 Å². The molecule has 0 saturated carbocycles. The highest BCUT2D eigenvalue weighted by atomic mass is 16.5. The van der Waals surface area contributed by atoms with Crippen LogP contribution in [0.1, 0.15) is 18.4 Å². The number of rotatable bonds is 4. The molecule has 2 aromatic rings. The first kappa shape index (κ1) is 21.0. The first-order chi connectivity index (χ1) is 15.7. The molecule has 2 saturated heterocycles. The molecule has 3 aliphatic rings. The first-order valence-corrected chi connectivity index (χ1v) is 11.5.